The van der Waals surface area contributed by atoms with Crippen molar-refractivity contribution in [2.45, 2.75) is 6.42 Å². The summed E-state index contributed by atoms with van der Waals surface area (Å²) in [6.07, 6.45) is 0.0228. The number of carbonyl (C=O) groups excluding carboxylic acids is 1. The number of amides is 1. The second kappa shape index (κ2) is 6.46. The lowest BCUT2D eigenvalue weighted by Gasteiger charge is -2.09. The van der Waals surface area contributed by atoms with Gasteiger partial charge in [-0.2, -0.15) is 5.26 Å². The van der Waals surface area contributed by atoms with Crippen LogP contribution in [0, 0.1) is 23.0 Å². The predicted molar refractivity (Wildman–Crippen MR) is 77.5 cm³/mol. The maximum Gasteiger partial charge on any atom is 0.228 e. The van der Waals surface area contributed by atoms with Gasteiger partial charge >= 0.3 is 0 Å². The fourth-order valence-electron chi connectivity index (χ4n) is 1.73. The molecule has 2 aromatic rings. The number of hydrogen-bond donors (Lipinski definition) is 1. The molecule has 106 valence electrons. The molecule has 0 aliphatic heterocycles. The molecule has 0 unspecified atom stereocenters. The number of anilines is 1. The molecule has 0 heterocycles. The van der Waals surface area contributed by atoms with Crippen LogP contribution < -0.4 is 5.32 Å². The van der Waals surface area contributed by atoms with E-state index in [2.05, 4.69) is 21.2 Å². The molecule has 0 aliphatic carbocycles. The number of rotatable bonds is 3. The van der Waals surface area contributed by atoms with Crippen LogP contribution in [0.25, 0.3) is 0 Å². The zero-order valence-electron chi connectivity index (χ0n) is 10.7. The first kappa shape index (κ1) is 15.1. The average molecular weight is 351 g/mol. The summed E-state index contributed by atoms with van der Waals surface area (Å²) in [6, 6.07) is 10.2. The highest BCUT2D eigenvalue weighted by Crippen LogP contribution is 2.27. The number of benzene rings is 2. The summed E-state index contributed by atoms with van der Waals surface area (Å²) < 4.78 is 26.7. The van der Waals surface area contributed by atoms with Crippen molar-refractivity contribution in [3.63, 3.8) is 0 Å². The normalized spacial score (nSPS) is 10.0. The molecule has 21 heavy (non-hydrogen) atoms. The Morgan fingerprint density at radius 3 is 2.48 bits per heavy atom. The summed E-state index contributed by atoms with van der Waals surface area (Å²) >= 11 is 3.00. The molecule has 0 saturated heterocycles. The van der Waals surface area contributed by atoms with E-state index in [9.17, 15) is 13.6 Å². The van der Waals surface area contributed by atoms with Crippen molar-refractivity contribution in [1.82, 2.24) is 0 Å². The Bertz CT molecular complexity index is 700. The Hall–Kier alpha value is -2.26. The van der Waals surface area contributed by atoms with E-state index in [1.54, 1.807) is 24.3 Å². The largest absolute Gasteiger partial charge is 0.322 e. The van der Waals surface area contributed by atoms with Crippen molar-refractivity contribution in [1.29, 1.82) is 5.26 Å². The van der Waals surface area contributed by atoms with Crippen LogP contribution in [0.3, 0.4) is 0 Å². The number of nitrogens with one attached hydrogen (secondary N) is 1. The molecular weight excluding hydrogens is 342 g/mol. The Morgan fingerprint density at radius 2 is 1.90 bits per heavy atom. The number of nitriles is 1. The van der Waals surface area contributed by atoms with E-state index in [1.807, 2.05) is 6.07 Å². The zero-order valence-corrected chi connectivity index (χ0v) is 12.2. The minimum atomic E-state index is -0.852. The van der Waals surface area contributed by atoms with Gasteiger partial charge in [0.15, 0.2) is 5.82 Å². The van der Waals surface area contributed by atoms with Crippen LogP contribution in [0.5, 0.6) is 0 Å². The molecule has 1 amide bonds. The molecular formula is C15H9BrF2N2O. The fraction of sp³-hybridized carbons (Fsp3) is 0.0667. The fourth-order valence-corrected chi connectivity index (χ4v) is 2.23. The molecule has 0 aliphatic rings. The van der Waals surface area contributed by atoms with Gasteiger partial charge < -0.3 is 5.32 Å². The highest BCUT2D eigenvalue weighted by Gasteiger charge is 2.13. The maximum absolute atomic E-state index is 13.6. The quantitative estimate of drug-likeness (QED) is 0.915. The number of hydrogen-bond acceptors (Lipinski definition) is 2. The van der Waals surface area contributed by atoms with Gasteiger partial charge in [0.2, 0.25) is 5.91 Å². The second-order valence-corrected chi connectivity index (χ2v) is 5.13. The lowest BCUT2D eigenvalue weighted by Crippen LogP contribution is -2.16. The van der Waals surface area contributed by atoms with E-state index < -0.39 is 17.5 Å². The Balaban J connectivity index is 2.10. The highest BCUT2D eigenvalue weighted by molar-refractivity contribution is 9.10. The standard InChI is InChI=1S/C15H9BrF2N2O/c16-12-6-11(17)7-13(18)15(12)20-14(21)5-9-1-3-10(8-19)4-2-9/h1-4,6-7H,5H2,(H,20,21). The molecule has 6 heteroatoms. The van der Waals surface area contributed by atoms with Gasteiger partial charge in [-0.05, 0) is 39.7 Å². The summed E-state index contributed by atoms with van der Waals surface area (Å²) in [5.74, 6) is -2.02. The highest BCUT2D eigenvalue weighted by atomic mass is 79.9. The van der Waals surface area contributed by atoms with Crippen LogP contribution in [0.2, 0.25) is 0 Å². The minimum absolute atomic E-state index is 0.0228. The van der Waals surface area contributed by atoms with E-state index >= 15 is 0 Å². The summed E-state index contributed by atoms with van der Waals surface area (Å²) in [7, 11) is 0. The lowest BCUT2D eigenvalue weighted by molar-refractivity contribution is -0.115. The summed E-state index contributed by atoms with van der Waals surface area (Å²) in [5, 5.41) is 11.1. The van der Waals surface area contributed by atoms with Gasteiger partial charge in [0.05, 0.1) is 23.7 Å². The molecule has 0 fully saturated rings. The van der Waals surface area contributed by atoms with Gasteiger partial charge in [-0.1, -0.05) is 12.1 Å². The van der Waals surface area contributed by atoms with Crippen molar-refractivity contribution in [2.75, 3.05) is 5.32 Å². The molecule has 3 nitrogen and oxygen atoms in total. The molecule has 0 radical (unpaired) electrons. The van der Waals surface area contributed by atoms with Gasteiger partial charge in [-0.25, -0.2) is 8.78 Å². The van der Waals surface area contributed by atoms with E-state index in [-0.39, 0.29) is 16.6 Å². The summed E-state index contributed by atoms with van der Waals surface area (Å²) in [6.45, 7) is 0. The smallest absolute Gasteiger partial charge is 0.228 e. The van der Waals surface area contributed by atoms with Crippen molar-refractivity contribution < 1.29 is 13.6 Å². The van der Waals surface area contributed by atoms with Gasteiger partial charge in [0.25, 0.3) is 0 Å². The second-order valence-electron chi connectivity index (χ2n) is 4.28. The number of halogens is 3. The van der Waals surface area contributed by atoms with Crippen LogP contribution in [0.4, 0.5) is 14.5 Å². The maximum atomic E-state index is 13.6. The van der Waals surface area contributed by atoms with E-state index in [1.165, 1.54) is 0 Å². The summed E-state index contributed by atoms with van der Waals surface area (Å²) in [4.78, 5) is 11.9. The molecule has 2 aromatic carbocycles. The van der Waals surface area contributed by atoms with E-state index in [0.717, 1.165) is 6.07 Å². The molecule has 2 rings (SSSR count). The summed E-state index contributed by atoms with van der Waals surface area (Å²) in [5.41, 5.74) is 1.08. The van der Waals surface area contributed by atoms with Crippen LogP contribution in [0.15, 0.2) is 40.9 Å². The monoisotopic (exact) mass is 350 g/mol. The number of carbonyl (C=O) groups is 1. The van der Waals surface area contributed by atoms with E-state index in [0.29, 0.717) is 17.2 Å². The Morgan fingerprint density at radius 1 is 1.24 bits per heavy atom. The first-order valence-corrected chi connectivity index (χ1v) is 6.72. The number of nitrogens with zero attached hydrogens (tertiary/aromatic N) is 1. The average Bonchev–Trinajstić information content (AvgIpc) is 2.43. The van der Waals surface area contributed by atoms with Gasteiger partial charge in [0, 0.05) is 10.5 Å². The molecule has 0 spiro atoms. The van der Waals surface area contributed by atoms with Crippen LogP contribution in [-0.4, -0.2) is 5.91 Å². The molecule has 1 N–H and O–H groups in total. The van der Waals surface area contributed by atoms with Gasteiger partial charge in [0.1, 0.15) is 5.82 Å². The van der Waals surface area contributed by atoms with Crippen molar-refractivity contribution in [3.8, 4) is 6.07 Å². The lowest BCUT2D eigenvalue weighted by atomic mass is 10.1. The minimum Gasteiger partial charge on any atom is -0.322 e. The molecule has 0 atom stereocenters. The van der Waals surface area contributed by atoms with Crippen LogP contribution in [-0.2, 0) is 11.2 Å². The van der Waals surface area contributed by atoms with Crippen LogP contribution in [0.1, 0.15) is 11.1 Å². The third-order valence-electron chi connectivity index (χ3n) is 2.72. The molecule has 0 aromatic heterocycles. The van der Waals surface area contributed by atoms with Gasteiger partial charge in [-0.15, -0.1) is 0 Å². The van der Waals surface area contributed by atoms with Crippen molar-refractivity contribution in [3.05, 3.63) is 63.6 Å². The Kier molecular flexibility index (Phi) is 4.66. The van der Waals surface area contributed by atoms with Crippen molar-refractivity contribution >= 4 is 27.5 Å². The molecule has 0 saturated carbocycles. The van der Waals surface area contributed by atoms with Crippen LogP contribution >= 0.6 is 15.9 Å². The predicted octanol–water partition coefficient (Wildman–Crippen LogP) is 3.78. The first-order chi connectivity index (χ1) is 9.99. The van der Waals surface area contributed by atoms with E-state index in [4.69, 9.17) is 5.26 Å². The Labute approximate surface area is 128 Å². The zero-order chi connectivity index (χ0) is 15.4. The first-order valence-electron chi connectivity index (χ1n) is 5.93. The third kappa shape index (κ3) is 3.86. The van der Waals surface area contributed by atoms with Crippen molar-refractivity contribution in [2.24, 2.45) is 0 Å². The SMILES string of the molecule is N#Cc1ccc(CC(=O)Nc2c(F)cc(F)cc2Br)cc1. The van der Waals surface area contributed by atoms with Gasteiger partial charge in [-0.3, -0.25) is 4.79 Å². The molecule has 0 bridgehead atoms. The topological polar surface area (TPSA) is 52.9 Å². The third-order valence-corrected chi connectivity index (χ3v) is 3.34.